The first-order valence-electron chi connectivity index (χ1n) is 12.5. The van der Waals surface area contributed by atoms with Gasteiger partial charge in [-0.25, -0.2) is 13.6 Å². The van der Waals surface area contributed by atoms with Crippen molar-refractivity contribution in [3.63, 3.8) is 0 Å². The fourth-order valence-electron chi connectivity index (χ4n) is 4.99. The Bertz CT molecular complexity index is 1620. The lowest BCUT2D eigenvalue weighted by molar-refractivity contribution is -0.132. The highest BCUT2D eigenvalue weighted by Crippen LogP contribution is 2.20. The number of aromatic nitrogens is 4. The van der Waals surface area contributed by atoms with Crippen LogP contribution in [0.1, 0.15) is 18.2 Å². The molecule has 1 amide bonds. The number of benzene rings is 2. The smallest absolute Gasteiger partial charge is 0.332 e. The molecule has 0 radical (unpaired) electrons. The Kier molecular flexibility index (Phi) is 6.83. The second-order valence-corrected chi connectivity index (χ2v) is 9.30. The molecule has 3 heterocycles. The fraction of sp³-hybridized carbons (Fsp3) is 0.333. The summed E-state index contributed by atoms with van der Waals surface area (Å²) in [6.45, 7) is 5.24. The average Bonchev–Trinajstić information content (AvgIpc) is 3.26. The van der Waals surface area contributed by atoms with Crippen LogP contribution in [0.3, 0.4) is 0 Å². The Morgan fingerprint density at radius 1 is 0.921 bits per heavy atom. The molecular formula is C27H28F2N6O3. The zero-order chi connectivity index (χ0) is 27.0. The fourth-order valence-corrected chi connectivity index (χ4v) is 4.99. The lowest BCUT2D eigenvalue weighted by Crippen LogP contribution is -2.51. The quantitative estimate of drug-likeness (QED) is 0.388. The van der Waals surface area contributed by atoms with Crippen molar-refractivity contribution in [3.05, 3.63) is 92.3 Å². The molecule has 0 aliphatic carbocycles. The van der Waals surface area contributed by atoms with Crippen molar-refractivity contribution >= 4 is 22.6 Å². The molecule has 0 N–H and O–H groups in total. The van der Waals surface area contributed by atoms with Crippen LogP contribution in [0.4, 0.5) is 14.5 Å². The number of amides is 1. The summed E-state index contributed by atoms with van der Waals surface area (Å²) in [4.78, 5) is 44.0. The van der Waals surface area contributed by atoms with E-state index in [9.17, 15) is 23.2 Å². The highest BCUT2D eigenvalue weighted by Gasteiger charge is 2.26. The summed E-state index contributed by atoms with van der Waals surface area (Å²) in [6.07, 6.45) is 0. The zero-order valence-electron chi connectivity index (χ0n) is 21.2. The van der Waals surface area contributed by atoms with Crippen molar-refractivity contribution in [1.29, 1.82) is 0 Å². The average molecular weight is 523 g/mol. The van der Waals surface area contributed by atoms with E-state index in [1.807, 2.05) is 11.8 Å². The van der Waals surface area contributed by atoms with Gasteiger partial charge in [0.05, 0.1) is 17.9 Å². The van der Waals surface area contributed by atoms with Crippen LogP contribution < -0.4 is 16.1 Å². The van der Waals surface area contributed by atoms with Crippen LogP contribution in [0.2, 0.25) is 0 Å². The van der Waals surface area contributed by atoms with Crippen LogP contribution in [0.5, 0.6) is 0 Å². The number of fused-ring (bicyclic) bond motifs is 1. The number of rotatable bonds is 6. The first-order chi connectivity index (χ1) is 18.3. The molecule has 198 valence electrons. The molecule has 5 rings (SSSR count). The summed E-state index contributed by atoms with van der Waals surface area (Å²) in [5.41, 5.74) is 0.962. The molecule has 0 saturated carbocycles. The summed E-state index contributed by atoms with van der Waals surface area (Å²) in [5.74, 6) is -1.01. The molecule has 11 heteroatoms. The number of carbonyl (C=O) groups excluding carboxylic acids is 1. The van der Waals surface area contributed by atoms with Gasteiger partial charge in [-0.05, 0) is 43.7 Å². The molecule has 4 aromatic rings. The van der Waals surface area contributed by atoms with Crippen molar-refractivity contribution in [2.24, 2.45) is 0 Å². The number of nitrogens with zero attached hydrogens (tertiary/aromatic N) is 6. The maximum Gasteiger partial charge on any atom is 0.332 e. The van der Waals surface area contributed by atoms with Gasteiger partial charge < -0.3 is 9.80 Å². The third-order valence-corrected chi connectivity index (χ3v) is 6.95. The predicted molar refractivity (Wildman–Crippen MR) is 139 cm³/mol. The molecule has 2 aromatic heterocycles. The maximum atomic E-state index is 14.2. The van der Waals surface area contributed by atoms with Gasteiger partial charge in [-0.15, -0.1) is 0 Å². The van der Waals surface area contributed by atoms with Crippen LogP contribution in [-0.4, -0.2) is 55.9 Å². The number of aryl methyl sites for hydroxylation is 2. The predicted octanol–water partition coefficient (Wildman–Crippen LogP) is 2.36. The van der Waals surface area contributed by atoms with Crippen LogP contribution in [-0.2, 0) is 24.4 Å². The van der Waals surface area contributed by atoms with Gasteiger partial charge in [-0.3, -0.25) is 23.4 Å². The number of halogens is 2. The Morgan fingerprint density at radius 2 is 1.61 bits per heavy atom. The highest BCUT2D eigenvalue weighted by molar-refractivity contribution is 5.81. The monoisotopic (exact) mass is 522 g/mol. The Balaban J connectivity index is 1.47. The normalized spacial score (nSPS) is 13.9. The molecule has 1 aliphatic rings. The lowest BCUT2D eigenvalue weighted by Gasteiger charge is -2.36. The van der Waals surface area contributed by atoms with Crippen molar-refractivity contribution in [2.45, 2.75) is 33.5 Å². The summed E-state index contributed by atoms with van der Waals surface area (Å²) in [7, 11) is 0. The van der Waals surface area contributed by atoms with Gasteiger partial charge in [-0.1, -0.05) is 24.3 Å². The summed E-state index contributed by atoms with van der Waals surface area (Å²) in [6, 6.07) is 12.1. The standard InChI is InChI=1S/C27H28F2N6O3/c1-3-35-25-24(18(2)30-35)33(27(38)34(26(25)37)16-19-8-10-20(28)11-9-19)17-23(36)32-14-12-31(13-15-32)22-7-5-4-6-21(22)29/h4-11H,3,12-17H2,1-2H3. The van der Waals surface area contributed by atoms with E-state index in [4.69, 9.17) is 0 Å². The second kappa shape index (κ2) is 10.2. The molecule has 2 aromatic carbocycles. The van der Waals surface area contributed by atoms with Gasteiger partial charge >= 0.3 is 5.69 Å². The zero-order valence-corrected chi connectivity index (χ0v) is 21.2. The first-order valence-corrected chi connectivity index (χ1v) is 12.5. The highest BCUT2D eigenvalue weighted by atomic mass is 19.1. The number of hydrogen-bond donors (Lipinski definition) is 0. The maximum absolute atomic E-state index is 14.2. The van der Waals surface area contributed by atoms with E-state index in [-0.39, 0.29) is 30.3 Å². The Labute approximate surface area is 217 Å². The summed E-state index contributed by atoms with van der Waals surface area (Å²) >= 11 is 0. The van der Waals surface area contributed by atoms with Crippen molar-refractivity contribution in [1.82, 2.24) is 23.8 Å². The van der Waals surface area contributed by atoms with Gasteiger partial charge in [-0.2, -0.15) is 5.10 Å². The summed E-state index contributed by atoms with van der Waals surface area (Å²) < 4.78 is 31.5. The van der Waals surface area contributed by atoms with Crippen molar-refractivity contribution in [3.8, 4) is 0 Å². The molecule has 1 aliphatic heterocycles. The van der Waals surface area contributed by atoms with Gasteiger partial charge in [0, 0.05) is 32.7 Å². The van der Waals surface area contributed by atoms with Crippen molar-refractivity contribution < 1.29 is 13.6 Å². The van der Waals surface area contributed by atoms with Crippen LogP contribution in [0.25, 0.3) is 11.0 Å². The van der Waals surface area contributed by atoms with Gasteiger partial charge in [0.15, 0.2) is 5.52 Å². The number of para-hydroxylation sites is 1. The van der Waals surface area contributed by atoms with Crippen LogP contribution >= 0.6 is 0 Å². The molecule has 38 heavy (non-hydrogen) atoms. The molecule has 0 unspecified atom stereocenters. The molecule has 0 bridgehead atoms. The van der Waals surface area contributed by atoms with Gasteiger partial charge in [0.2, 0.25) is 5.91 Å². The topological polar surface area (TPSA) is 85.4 Å². The summed E-state index contributed by atoms with van der Waals surface area (Å²) in [5, 5.41) is 4.43. The SMILES string of the molecule is CCn1nc(C)c2c1c(=O)n(Cc1ccc(F)cc1)c(=O)n2CC(=O)N1CCN(c2ccccc2F)CC1. The van der Waals surface area contributed by atoms with E-state index in [1.54, 1.807) is 30.0 Å². The van der Waals surface area contributed by atoms with Crippen molar-refractivity contribution in [2.75, 3.05) is 31.1 Å². The molecule has 1 fully saturated rings. The lowest BCUT2D eigenvalue weighted by atomic mass is 10.2. The minimum atomic E-state index is -0.635. The van der Waals surface area contributed by atoms with E-state index in [1.165, 1.54) is 39.6 Å². The minimum absolute atomic E-state index is 0.0721. The third kappa shape index (κ3) is 4.59. The molecule has 0 spiro atoms. The Hall–Kier alpha value is -4.28. The third-order valence-electron chi connectivity index (χ3n) is 6.95. The number of piperazine rings is 1. The second-order valence-electron chi connectivity index (χ2n) is 9.30. The first kappa shape index (κ1) is 25.4. The molecular weight excluding hydrogens is 494 g/mol. The van der Waals surface area contributed by atoms with E-state index in [2.05, 4.69) is 5.10 Å². The Morgan fingerprint density at radius 3 is 2.26 bits per heavy atom. The van der Waals surface area contributed by atoms with E-state index < -0.39 is 17.1 Å². The number of carbonyl (C=O) groups is 1. The molecule has 1 saturated heterocycles. The largest absolute Gasteiger partial charge is 0.366 e. The van der Waals surface area contributed by atoms with E-state index in [0.717, 1.165) is 4.57 Å². The van der Waals surface area contributed by atoms with E-state index >= 15 is 0 Å². The number of hydrogen-bond acceptors (Lipinski definition) is 5. The van der Waals surface area contributed by atoms with Gasteiger partial charge in [0.25, 0.3) is 5.56 Å². The molecule has 0 atom stereocenters. The number of anilines is 1. The van der Waals surface area contributed by atoms with Gasteiger partial charge in [0.1, 0.15) is 23.7 Å². The minimum Gasteiger partial charge on any atom is -0.366 e. The molecule has 9 nitrogen and oxygen atoms in total. The van der Waals surface area contributed by atoms with E-state index in [0.29, 0.717) is 55.2 Å². The van der Waals surface area contributed by atoms with Crippen LogP contribution in [0, 0.1) is 18.6 Å². The van der Waals surface area contributed by atoms with Crippen LogP contribution in [0.15, 0.2) is 58.1 Å².